The van der Waals surface area contributed by atoms with Crippen LogP contribution in [0.2, 0.25) is 0 Å². The Morgan fingerprint density at radius 2 is 1.79 bits per heavy atom. The van der Waals surface area contributed by atoms with Crippen LogP contribution in [0.25, 0.3) is 5.65 Å². The highest BCUT2D eigenvalue weighted by Crippen LogP contribution is 2.30. The van der Waals surface area contributed by atoms with Crippen molar-refractivity contribution in [3.63, 3.8) is 0 Å². The smallest absolute Gasteiger partial charge is 0.137 e. The van der Waals surface area contributed by atoms with Crippen molar-refractivity contribution in [3.05, 3.63) is 35.8 Å². The molecule has 2 fully saturated rings. The van der Waals surface area contributed by atoms with Crippen LogP contribution in [-0.4, -0.2) is 59.0 Å². The lowest BCUT2D eigenvalue weighted by Crippen LogP contribution is -2.40. The number of rotatable bonds is 3. The van der Waals surface area contributed by atoms with Crippen LogP contribution >= 0.6 is 0 Å². The second kappa shape index (κ2) is 6.85. The fourth-order valence-electron chi connectivity index (χ4n) is 4.52. The zero-order valence-electron chi connectivity index (χ0n) is 15.1. The van der Waals surface area contributed by atoms with Gasteiger partial charge in [0.1, 0.15) is 5.65 Å². The molecule has 0 aromatic carbocycles. The number of imidazole rings is 1. The predicted octanol–water partition coefficient (Wildman–Crippen LogP) is 3.16. The van der Waals surface area contributed by atoms with Crippen LogP contribution in [0, 0.1) is 12.8 Å². The molecule has 0 radical (unpaired) electrons. The lowest BCUT2D eigenvalue weighted by Gasteiger charge is -2.37. The van der Waals surface area contributed by atoms with E-state index in [-0.39, 0.29) is 0 Å². The maximum absolute atomic E-state index is 4.48. The third-order valence-corrected chi connectivity index (χ3v) is 6.04. The molecule has 0 aliphatic carbocycles. The van der Waals surface area contributed by atoms with Gasteiger partial charge in [-0.1, -0.05) is 0 Å². The van der Waals surface area contributed by atoms with Gasteiger partial charge in [-0.2, -0.15) is 0 Å². The Balaban J connectivity index is 1.38. The van der Waals surface area contributed by atoms with Gasteiger partial charge in [-0.15, -0.1) is 0 Å². The highest BCUT2D eigenvalue weighted by Gasteiger charge is 2.25. The fraction of sp³-hybridized carbons (Fsp3) is 0.650. The summed E-state index contributed by atoms with van der Waals surface area (Å²) in [7, 11) is 2.25. The molecule has 0 atom stereocenters. The van der Waals surface area contributed by atoms with Crippen LogP contribution in [0.4, 0.5) is 0 Å². The first kappa shape index (κ1) is 16.1. The Kier molecular flexibility index (Phi) is 4.59. The van der Waals surface area contributed by atoms with Crippen molar-refractivity contribution in [2.75, 3.05) is 39.8 Å². The molecule has 24 heavy (non-hydrogen) atoms. The molecule has 2 aromatic heterocycles. The zero-order valence-corrected chi connectivity index (χ0v) is 15.1. The van der Waals surface area contributed by atoms with Crippen molar-refractivity contribution in [1.82, 2.24) is 19.2 Å². The van der Waals surface area contributed by atoms with E-state index in [1.54, 1.807) is 0 Å². The number of aryl methyl sites for hydroxylation is 1. The summed E-state index contributed by atoms with van der Waals surface area (Å²) in [6.45, 7) is 8.57. The molecule has 2 aliphatic rings. The van der Waals surface area contributed by atoms with Crippen molar-refractivity contribution >= 4 is 5.65 Å². The monoisotopic (exact) mass is 326 g/mol. The Morgan fingerprint density at radius 3 is 2.54 bits per heavy atom. The molecule has 0 spiro atoms. The quantitative estimate of drug-likeness (QED) is 0.866. The maximum Gasteiger partial charge on any atom is 0.137 e. The Bertz CT molecular complexity index is 676. The summed E-state index contributed by atoms with van der Waals surface area (Å²) in [5.74, 6) is 1.59. The van der Waals surface area contributed by atoms with Crippen LogP contribution in [0.15, 0.2) is 24.5 Å². The normalized spacial score (nSPS) is 22.4. The number of piperidine rings is 2. The number of hydrogen-bond acceptors (Lipinski definition) is 3. The van der Waals surface area contributed by atoms with E-state index in [2.05, 4.69) is 51.5 Å². The molecule has 0 N–H and O–H groups in total. The summed E-state index contributed by atoms with van der Waals surface area (Å²) in [4.78, 5) is 9.67. The molecule has 4 heteroatoms. The first-order chi connectivity index (χ1) is 11.7. The molecule has 0 unspecified atom stereocenters. The highest BCUT2D eigenvalue weighted by atomic mass is 15.1. The van der Waals surface area contributed by atoms with Crippen molar-refractivity contribution in [1.29, 1.82) is 0 Å². The zero-order chi connectivity index (χ0) is 16.5. The van der Waals surface area contributed by atoms with Gasteiger partial charge in [0, 0.05) is 30.6 Å². The van der Waals surface area contributed by atoms with Gasteiger partial charge in [-0.25, -0.2) is 4.98 Å². The van der Waals surface area contributed by atoms with Crippen LogP contribution in [0.1, 0.15) is 42.9 Å². The molecule has 0 bridgehead atoms. The fourth-order valence-corrected chi connectivity index (χ4v) is 4.52. The SMILES string of the molecule is Cc1cc(C2CCN(CC3CCN(C)CC3)CC2)n2ccnc2c1. The van der Waals surface area contributed by atoms with E-state index in [9.17, 15) is 0 Å². The minimum absolute atomic E-state index is 0.676. The molecule has 4 rings (SSSR count). The Hall–Kier alpha value is -1.39. The van der Waals surface area contributed by atoms with Crippen molar-refractivity contribution in [2.45, 2.75) is 38.5 Å². The first-order valence-corrected chi connectivity index (χ1v) is 9.53. The molecule has 0 amide bonds. The van der Waals surface area contributed by atoms with Crippen LogP contribution < -0.4 is 0 Å². The van der Waals surface area contributed by atoms with E-state index in [1.165, 1.54) is 69.7 Å². The summed E-state index contributed by atoms with van der Waals surface area (Å²) in [6, 6.07) is 4.55. The molecule has 4 nitrogen and oxygen atoms in total. The summed E-state index contributed by atoms with van der Waals surface area (Å²) in [5.41, 5.74) is 3.89. The van der Waals surface area contributed by atoms with Gasteiger partial charge in [0.05, 0.1) is 0 Å². The van der Waals surface area contributed by atoms with E-state index >= 15 is 0 Å². The number of hydrogen-bond donors (Lipinski definition) is 0. The van der Waals surface area contributed by atoms with Gasteiger partial charge in [0.2, 0.25) is 0 Å². The van der Waals surface area contributed by atoms with Crippen molar-refractivity contribution in [3.8, 4) is 0 Å². The molecule has 2 aromatic rings. The average molecular weight is 326 g/mol. The molecule has 0 saturated carbocycles. The van der Waals surface area contributed by atoms with Crippen molar-refractivity contribution < 1.29 is 0 Å². The lowest BCUT2D eigenvalue weighted by atomic mass is 9.90. The molecule has 2 saturated heterocycles. The van der Waals surface area contributed by atoms with Crippen LogP contribution in [0.5, 0.6) is 0 Å². The maximum atomic E-state index is 4.48. The van der Waals surface area contributed by atoms with E-state index < -0.39 is 0 Å². The number of pyridine rings is 1. The minimum Gasteiger partial charge on any atom is -0.306 e. The Morgan fingerprint density at radius 1 is 1.04 bits per heavy atom. The van der Waals surface area contributed by atoms with Gasteiger partial charge in [0.25, 0.3) is 0 Å². The van der Waals surface area contributed by atoms with Gasteiger partial charge in [-0.05, 0) is 89.4 Å². The van der Waals surface area contributed by atoms with Crippen LogP contribution in [-0.2, 0) is 0 Å². The molecule has 4 heterocycles. The number of nitrogens with zero attached hydrogens (tertiary/aromatic N) is 4. The van der Waals surface area contributed by atoms with E-state index in [4.69, 9.17) is 0 Å². The third kappa shape index (κ3) is 3.35. The summed E-state index contributed by atoms with van der Waals surface area (Å²) >= 11 is 0. The van der Waals surface area contributed by atoms with E-state index in [0.29, 0.717) is 5.92 Å². The lowest BCUT2D eigenvalue weighted by molar-refractivity contribution is 0.138. The molecule has 2 aliphatic heterocycles. The average Bonchev–Trinajstić information content (AvgIpc) is 3.05. The predicted molar refractivity (Wildman–Crippen MR) is 98.6 cm³/mol. The van der Waals surface area contributed by atoms with Gasteiger partial charge < -0.3 is 14.2 Å². The van der Waals surface area contributed by atoms with Crippen LogP contribution in [0.3, 0.4) is 0 Å². The van der Waals surface area contributed by atoms with Crippen molar-refractivity contribution in [2.24, 2.45) is 5.92 Å². The number of likely N-dealkylation sites (tertiary alicyclic amines) is 2. The summed E-state index contributed by atoms with van der Waals surface area (Å²) in [6.07, 6.45) is 9.36. The Labute approximate surface area is 145 Å². The van der Waals surface area contributed by atoms with E-state index in [1.807, 2.05) is 6.20 Å². The topological polar surface area (TPSA) is 23.8 Å². The second-order valence-corrected chi connectivity index (χ2v) is 7.93. The van der Waals surface area contributed by atoms with E-state index in [0.717, 1.165) is 11.6 Å². The molecular weight excluding hydrogens is 296 g/mol. The standard InChI is InChI=1S/C20H30N4/c1-16-13-19(24-12-7-21-20(24)14-16)18-5-10-23(11-6-18)15-17-3-8-22(2)9-4-17/h7,12-14,17-18H,3-6,8-11,15H2,1-2H3. The highest BCUT2D eigenvalue weighted by molar-refractivity contribution is 5.44. The second-order valence-electron chi connectivity index (χ2n) is 7.93. The van der Waals surface area contributed by atoms with Gasteiger partial charge in [-0.3, -0.25) is 0 Å². The summed E-state index contributed by atoms with van der Waals surface area (Å²) < 4.78 is 2.30. The molecular formula is C20H30N4. The number of aromatic nitrogens is 2. The minimum atomic E-state index is 0.676. The first-order valence-electron chi connectivity index (χ1n) is 9.53. The number of fused-ring (bicyclic) bond motifs is 1. The largest absolute Gasteiger partial charge is 0.306 e. The van der Waals surface area contributed by atoms with Gasteiger partial charge >= 0.3 is 0 Å². The third-order valence-electron chi connectivity index (χ3n) is 6.04. The van der Waals surface area contributed by atoms with Gasteiger partial charge in [0.15, 0.2) is 0 Å². The summed E-state index contributed by atoms with van der Waals surface area (Å²) in [5, 5.41) is 0. The molecule has 130 valence electrons.